The van der Waals surface area contributed by atoms with E-state index in [1.165, 1.54) is 4.57 Å². The first-order chi connectivity index (χ1) is 15.3. The number of hydrogen-bond donors (Lipinski definition) is 1. The van der Waals surface area contributed by atoms with E-state index in [4.69, 9.17) is 16.1 Å². The number of pyridine rings is 1. The highest BCUT2D eigenvalue weighted by Gasteiger charge is 2.20. The molecule has 2 aromatic heterocycles. The summed E-state index contributed by atoms with van der Waals surface area (Å²) in [5.74, 6) is 0.134. The molecule has 4 rings (SSSR count). The molecule has 162 valence electrons. The summed E-state index contributed by atoms with van der Waals surface area (Å²) in [6.07, 6.45) is 0. The normalized spacial score (nSPS) is 10.9. The summed E-state index contributed by atoms with van der Waals surface area (Å²) in [6.45, 7) is 5.38. The van der Waals surface area contributed by atoms with Gasteiger partial charge in [0, 0.05) is 11.3 Å². The molecule has 0 aliphatic carbocycles. The lowest BCUT2D eigenvalue weighted by atomic mass is 10.1. The second-order valence-corrected chi connectivity index (χ2v) is 7.96. The van der Waals surface area contributed by atoms with Crippen LogP contribution in [0.4, 0.5) is 5.69 Å². The summed E-state index contributed by atoms with van der Waals surface area (Å²) in [7, 11) is 0. The molecule has 4 aromatic rings. The Morgan fingerprint density at radius 1 is 1.09 bits per heavy atom. The van der Waals surface area contributed by atoms with Crippen molar-refractivity contribution in [1.29, 1.82) is 0 Å². The molecule has 0 atom stereocenters. The van der Waals surface area contributed by atoms with Gasteiger partial charge >= 0.3 is 0 Å². The fourth-order valence-corrected chi connectivity index (χ4v) is 3.61. The van der Waals surface area contributed by atoms with E-state index in [-0.39, 0.29) is 29.5 Å². The van der Waals surface area contributed by atoms with Crippen molar-refractivity contribution in [3.8, 4) is 22.8 Å². The molecule has 8 heteroatoms. The summed E-state index contributed by atoms with van der Waals surface area (Å²) < 4.78 is 6.80. The van der Waals surface area contributed by atoms with Crippen molar-refractivity contribution in [3.63, 3.8) is 0 Å². The average molecular weight is 449 g/mol. The number of aromatic nitrogens is 3. The van der Waals surface area contributed by atoms with E-state index in [1.54, 1.807) is 38.1 Å². The van der Waals surface area contributed by atoms with Crippen molar-refractivity contribution in [3.05, 3.63) is 86.8 Å². The van der Waals surface area contributed by atoms with Gasteiger partial charge < -0.3 is 14.4 Å². The summed E-state index contributed by atoms with van der Waals surface area (Å²) in [4.78, 5) is 30.3. The van der Waals surface area contributed by atoms with Gasteiger partial charge in [0.25, 0.3) is 11.4 Å². The zero-order chi connectivity index (χ0) is 22.8. The molecular formula is C24H21ClN4O3. The Morgan fingerprint density at radius 3 is 2.53 bits per heavy atom. The first-order valence-corrected chi connectivity index (χ1v) is 10.4. The lowest BCUT2D eigenvalue weighted by molar-refractivity contribution is -0.116. The van der Waals surface area contributed by atoms with Crippen molar-refractivity contribution in [1.82, 2.24) is 14.7 Å². The van der Waals surface area contributed by atoms with Gasteiger partial charge in [0.2, 0.25) is 11.7 Å². The van der Waals surface area contributed by atoms with Crippen molar-refractivity contribution < 1.29 is 9.32 Å². The molecule has 1 N–H and O–H groups in total. The molecule has 0 saturated carbocycles. The fraction of sp³-hybridized carbons (Fsp3) is 0.167. The molecule has 0 aliphatic heterocycles. The maximum Gasteiger partial charge on any atom is 0.264 e. The summed E-state index contributed by atoms with van der Waals surface area (Å²) >= 11 is 6.11. The Bertz CT molecular complexity index is 1360. The van der Waals surface area contributed by atoms with Gasteiger partial charge in [0.15, 0.2) is 0 Å². The molecule has 0 aliphatic rings. The topological polar surface area (TPSA) is 90.0 Å². The van der Waals surface area contributed by atoms with Crippen LogP contribution >= 0.6 is 11.6 Å². The molecule has 0 spiro atoms. The van der Waals surface area contributed by atoms with Crippen molar-refractivity contribution >= 4 is 23.2 Å². The van der Waals surface area contributed by atoms with Crippen LogP contribution < -0.4 is 10.9 Å². The SMILES string of the molecule is Cc1ccc(-c2noc(-c3c(C)cc(C)n(CC(=O)Nc4ccccc4Cl)c3=O)n2)cc1. The summed E-state index contributed by atoms with van der Waals surface area (Å²) in [6, 6.07) is 16.4. The van der Waals surface area contributed by atoms with E-state index >= 15 is 0 Å². The van der Waals surface area contributed by atoms with E-state index in [1.807, 2.05) is 37.3 Å². The predicted molar refractivity (Wildman–Crippen MR) is 124 cm³/mol. The van der Waals surface area contributed by atoms with Gasteiger partial charge in [-0.25, -0.2) is 0 Å². The maximum absolute atomic E-state index is 13.3. The van der Waals surface area contributed by atoms with Crippen molar-refractivity contribution in [2.75, 3.05) is 5.32 Å². The first kappa shape index (κ1) is 21.5. The Hall–Kier alpha value is -3.71. The highest BCUT2D eigenvalue weighted by molar-refractivity contribution is 6.33. The number of nitrogens with one attached hydrogen (secondary N) is 1. The molecule has 0 radical (unpaired) electrons. The minimum Gasteiger partial charge on any atom is -0.333 e. The molecule has 7 nitrogen and oxygen atoms in total. The Labute approximate surface area is 189 Å². The Kier molecular flexibility index (Phi) is 5.92. The third kappa shape index (κ3) is 4.33. The lowest BCUT2D eigenvalue weighted by Gasteiger charge is -2.13. The van der Waals surface area contributed by atoms with Gasteiger partial charge in [-0.1, -0.05) is 58.7 Å². The number of para-hydroxylation sites is 1. The van der Waals surface area contributed by atoms with Crippen LogP contribution in [0.5, 0.6) is 0 Å². The average Bonchev–Trinajstić information content (AvgIpc) is 3.23. The molecule has 2 aromatic carbocycles. The quantitative estimate of drug-likeness (QED) is 0.474. The number of nitrogens with zero attached hydrogens (tertiary/aromatic N) is 3. The number of hydrogen-bond acceptors (Lipinski definition) is 5. The van der Waals surface area contributed by atoms with Gasteiger partial charge in [-0.2, -0.15) is 4.98 Å². The van der Waals surface area contributed by atoms with E-state index < -0.39 is 0 Å². The number of carbonyl (C=O) groups excluding carboxylic acids is 1. The largest absolute Gasteiger partial charge is 0.333 e. The molecule has 0 unspecified atom stereocenters. The molecule has 0 fully saturated rings. The maximum atomic E-state index is 13.3. The molecule has 0 saturated heterocycles. The summed E-state index contributed by atoms with van der Waals surface area (Å²) in [5, 5.41) is 7.18. The van der Waals surface area contributed by atoms with Gasteiger partial charge in [0.05, 0.1) is 10.7 Å². The van der Waals surface area contributed by atoms with Crippen LogP contribution in [0.2, 0.25) is 5.02 Å². The number of carbonyl (C=O) groups is 1. The number of amides is 1. The van der Waals surface area contributed by atoms with E-state index in [2.05, 4.69) is 15.5 Å². The monoisotopic (exact) mass is 448 g/mol. The number of halogens is 1. The summed E-state index contributed by atoms with van der Waals surface area (Å²) in [5.41, 5.74) is 3.61. The van der Waals surface area contributed by atoms with Gasteiger partial charge in [-0.15, -0.1) is 0 Å². The zero-order valence-electron chi connectivity index (χ0n) is 17.8. The molecular weight excluding hydrogens is 428 g/mol. The second kappa shape index (κ2) is 8.80. The van der Waals surface area contributed by atoms with Gasteiger partial charge in [0.1, 0.15) is 12.1 Å². The van der Waals surface area contributed by atoms with Crippen LogP contribution in [-0.2, 0) is 11.3 Å². The molecule has 0 bridgehead atoms. The van der Waals surface area contributed by atoms with Crippen LogP contribution in [-0.4, -0.2) is 20.6 Å². The Balaban J connectivity index is 1.66. The Morgan fingerprint density at radius 2 is 1.81 bits per heavy atom. The van der Waals surface area contributed by atoms with Crippen LogP contribution in [0.15, 0.2) is 63.9 Å². The number of aryl methyl sites for hydroxylation is 3. The number of benzene rings is 2. The highest BCUT2D eigenvalue weighted by atomic mass is 35.5. The van der Waals surface area contributed by atoms with E-state index in [0.29, 0.717) is 27.8 Å². The standard InChI is InChI=1S/C24H21ClN4O3/c1-14-8-10-17(11-9-14)22-27-23(32-28-22)21-15(2)12-16(3)29(24(21)31)13-20(30)26-19-7-5-4-6-18(19)25/h4-12H,13H2,1-3H3,(H,26,30). The number of anilines is 1. The zero-order valence-corrected chi connectivity index (χ0v) is 18.6. The van der Waals surface area contributed by atoms with Crippen LogP contribution in [0.25, 0.3) is 22.8 Å². The molecule has 1 amide bonds. The van der Waals surface area contributed by atoms with Crippen LogP contribution in [0.1, 0.15) is 16.8 Å². The second-order valence-electron chi connectivity index (χ2n) is 7.55. The highest BCUT2D eigenvalue weighted by Crippen LogP contribution is 2.24. The predicted octanol–water partition coefficient (Wildman–Crippen LogP) is 4.78. The minimum absolute atomic E-state index is 0.114. The fourth-order valence-electron chi connectivity index (χ4n) is 3.42. The third-order valence-corrected chi connectivity index (χ3v) is 5.43. The van der Waals surface area contributed by atoms with E-state index in [9.17, 15) is 9.59 Å². The lowest BCUT2D eigenvalue weighted by Crippen LogP contribution is -2.30. The van der Waals surface area contributed by atoms with Gasteiger partial charge in [-0.05, 0) is 44.5 Å². The smallest absolute Gasteiger partial charge is 0.264 e. The van der Waals surface area contributed by atoms with E-state index in [0.717, 1.165) is 11.1 Å². The van der Waals surface area contributed by atoms with Crippen LogP contribution in [0.3, 0.4) is 0 Å². The van der Waals surface area contributed by atoms with Crippen molar-refractivity contribution in [2.24, 2.45) is 0 Å². The van der Waals surface area contributed by atoms with Crippen molar-refractivity contribution in [2.45, 2.75) is 27.3 Å². The number of rotatable bonds is 5. The van der Waals surface area contributed by atoms with Gasteiger partial charge in [-0.3, -0.25) is 9.59 Å². The first-order valence-electron chi connectivity index (χ1n) is 10.00. The molecule has 32 heavy (non-hydrogen) atoms. The minimum atomic E-state index is -0.379. The third-order valence-electron chi connectivity index (χ3n) is 5.10. The molecule has 2 heterocycles. The van der Waals surface area contributed by atoms with Crippen LogP contribution in [0, 0.1) is 20.8 Å².